The molecular formula is C13H19NO5S. The van der Waals surface area contributed by atoms with Crippen LogP contribution in [0, 0.1) is 0 Å². The fraction of sp³-hybridized carbons (Fsp3) is 0.462. The van der Waals surface area contributed by atoms with E-state index in [-0.39, 0.29) is 31.1 Å². The maximum absolute atomic E-state index is 11.6. The third-order valence-electron chi connectivity index (χ3n) is 2.55. The van der Waals surface area contributed by atoms with Gasteiger partial charge < -0.3 is 9.84 Å². The zero-order chi connectivity index (χ0) is 15.0. The van der Waals surface area contributed by atoms with Crippen molar-refractivity contribution < 1.29 is 23.1 Å². The van der Waals surface area contributed by atoms with Crippen molar-refractivity contribution >= 4 is 16.0 Å². The minimum Gasteiger partial charge on any atom is -0.508 e. The highest BCUT2D eigenvalue weighted by molar-refractivity contribution is 7.89. The molecule has 0 unspecified atom stereocenters. The summed E-state index contributed by atoms with van der Waals surface area (Å²) in [5.74, 6) is -0.623. The number of esters is 1. The van der Waals surface area contributed by atoms with Crippen molar-refractivity contribution in [2.24, 2.45) is 0 Å². The minimum atomic E-state index is -3.47. The molecule has 0 fully saturated rings. The predicted octanol–water partition coefficient (Wildman–Crippen LogP) is 0.807. The molecular weight excluding hydrogens is 282 g/mol. The van der Waals surface area contributed by atoms with Crippen molar-refractivity contribution in [1.29, 1.82) is 0 Å². The second kappa shape index (κ2) is 7.86. The van der Waals surface area contributed by atoms with Gasteiger partial charge in [-0.2, -0.15) is 0 Å². The monoisotopic (exact) mass is 301 g/mol. The minimum absolute atomic E-state index is 0.150. The third-order valence-corrected chi connectivity index (χ3v) is 3.94. The lowest BCUT2D eigenvalue weighted by Crippen LogP contribution is -2.29. The molecule has 2 N–H and O–H groups in total. The van der Waals surface area contributed by atoms with Crippen LogP contribution < -0.4 is 4.72 Å². The van der Waals surface area contributed by atoms with Crippen LogP contribution in [0.25, 0.3) is 0 Å². The van der Waals surface area contributed by atoms with Gasteiger partial charge in [-0.15, -0.1) is 0 Å². The Hall–Kier alpha value is -1.60. The van der Waals surface area contributed by atoms with E-state index < -0.39 is 16.0 Å². The summed E-state index contributed by atoms with van der Waals surface area (Å²) in [7, 11) is -3.47. The van der Waals surface area contributed by atoms with Crippen LogP contribution in [-0.4, -0.2) is 38.4 Å². The molecule has 1 rings (SSSR count). The lowest BCUT2D eigenvalue weighted by Gasteiger charge is -2.06. The van der Waals surface area contributed by atoms with Gasteiger partial charge in [-0.25, -0.2) is 13.1 Å². The molecule has 7 heteroatoms. The second-order valence-electron chi connectivity index (χ2n) is 4.18. The van der Waals surface area contributed by atoms with Crippen LogP contribution in [0.1, 0.15) is 18.9 Å². The molecule has 6 nitrogen and oxygen atoms in total. The van der Waals surface area contributed by atoms with Gasteiger partial charge in [0.05, 0.1) is 18.8 Å². The molecule has 0 saturated heterocycles. The molecule has 0 heterocycles. The molecule has 0 bridgehead atoms. The lowest BCUT2D eigenvalue weighted by molar-refractivity contribution is -0.142. The summed E-state index contributed by atoms with van der Waals surface area (Å²) >= 11 is 0. The largest absolute Gasteiger partial charge is 0.508 e. The first-order valence-corrected chi connectivity index (χ1v) is 7.99. The summed E-state index contributed by atoms with van der Waals surface area (Å²) in [6.45, 7) is 2.16. The number of hydrogen-bond donors (Lipinski definition) is 2. The van der Waals surface area contributed by atoms with Gasteiger partial charge in [0.15, 0.2) is 0 Å². The fourth-order valence-electron chi connectivity index (χ4n) is 1.54. The predicted molar refractivity (Wildman–Crippen MR) is 74.9 cm³/mol. The third kappa shape index (κ3) is 6.53. The van der Waals surface area contributed by atoms with Crippen LogP contribution in [0.15, 0.2) is 24.3 Å². The molecule has 1 aromatic carbocycles. The first-order chi connectivity index (χ1) is 9.43. The summed E-state index contributed by atoms with van der Waals surface area (Å²) in [5.41, 5.74) is 0.913. The van der Waals surface area contributed by atoms with Crippen molar-refractivity contribution in [3.05, 3.63) is 29.8 Å². The summed E-state index contributed by atoms with van der Waals surface area (Å²) in [6.07, 6.45) is 0.362. The van der Waals surface area contributed by atoms with Gasteiger partial charge in [0, 0.05) is 6.54 Å². The Balaban J connectivity index is 2.32. The normalized spacial score (nSPS) is 11.2. The van der Waals surface area contributed by atoms with E-state index in [2.05, 4.69) is 9.46 Å². The highest BCUT2D eigenvalue weighted by Crippen LogP contribution is 2.09. The smallest absolute Gasteiger partial charge is 0.306 e. The van der Waals surface area contributed by atoms with Crippen molar-refractivity contribution in [2.45, 2.75) is 19.8 Å². The van der Waals surface area contributed by atoms with Crippen molar-refractivity contribution in [3.8, 4) is 5.75 Å². The summed E-state index contributed by atoms with van der Waals surface area (Å²) in [6, 6.07) is 6.54. The van der Waals surface area contributed by atoms with E-state index in [1.165, 1.54) is 0 Å². The fourth-order valence-corrected chi connectivity index (χ4v) is 2.53. The molecule has 0 saturated carbocycles. The van der Waals surface area contributed by atoms with Crippen molar-refractivity contribution in [1.82, 2.24) is 4.72 Å². The highest BCUT2D eigenvalue weighted by Gasteiger charge is 2.13. The number of benzene rings is 1. The van der Waals surface area contributed by atoms with Crippen LogP contribution in [0.3, 0.4) is 0 Å². The Bertz CT molecular complexity index is 524. The molecule has 0 aliphatic heterocycles. The Morgan fingerprint density at radius 1 is 1.30 bits per heavy atom. The number of carbonyl (C=O) groups is 1. The van der Waals surface area contributed by atoms with Crippen LogP contribution in [-0.2, 0) is 26.0 Å². The Labute approximate surface area is 118 Å². The van der Waals surface area contributed by atoms with E-state index in [9.17, 15) is 13.2 Å². The van der Waals surface area contributed by atoms with Crippen molar-refractivity contribution in [3.63, 3.8) is 0 Å². The molecule has 0 radical (unpaired) electrons. The topological polar surface area (TPSA) is 92.7 Å². The van der Waals surface area contributed by atoms with Gasteiger partial charge in [-0.3, -0.25) is 4.79 Å². The number of aromatic hydroxyl groups is 1. The molecule has 0 amide bonds. The Morgan fingerprint density at radius 2 is 1.95 bits per heavy atom. The molecule has 20 heavy (non-hydrogen) atoms. The van der Waals surface area contributed by atoms with E-state index in [1.54, 1.807) is 31.2 Å². The quantitative estimate of drug-likeness (QED) is 0.693. The van der Waals surface area contributed by atoms with E-state index in [1.807, 2.05) is 0 Å². The van der Waals surface area contributed by atoms with Gasteiger partial charge in [-0.05, 0) is 31.0 Å². The molecule has 0 spiro atoms. The first-order valence-electron chi connectivity index (χ1n) is 6.34. The maximum atomic E-state index is 11.6. The number of rotatable bonds is 8. The number of phenols is 1. The lowest BCUT2D eigenvalue weighted by atomic mass is 10.1. The molecule has 1 aromatic rings. The van der Waals surface area contributed by atoms with E-state index >= 15 is 0 Å². The Morgan fingerprint density at radius 3 is 2.55 bits per heavy atom. The number of carbonyl (C=O) groups excluding carboxylic acids is 1. The first kappa shape index (κ1) is 16.5. The zero-order valence-electron chi connectivity index (χ0n) is 11.3. The highest BCUT2D eigenvalue weighted by atomic mass is 32.2. The molecule has 0 aliphatic rings. The molecule has 0 aliphatic carbocycles. The van der Waals surface area contributed by atoms with E-state index in [4.69, 9.17) is 5.11 Å². The SMILES string of the molecule is CCOC(=O)CCS(=O)(=O)NCCc1ccc(O)cc1. The summed E-state index contributed by atoms with van der Waals surface area (Å²) in [5, 5.41) is 9.12. The standard InChI is InChI=1S/C13H19NO5S/c1-2-19-13(16)8-10-20(17,18)14-9-7-11-3-5-12(15)6-4-11/h3-6,14-15H,2,7-10H2,1H3. The number of phenolic OH excluding ortho intramolecular Hbond substituents is 1. The van der Waals surface area contributed by atoms with Gasteiger partial charge in [-0.1, -0.05) is 12.1 Å². The average Bonchev–Trinajstić information content (AvgIpc) is 2.39. The van der Waals surface area contributed by atoms with Gasteiger partial charge in [0.2, 0.25) is 10.0 Å². The van der Waals surface area contributed by atoms with Gasteiger partial charge >= 0.3 is 5.97 Å². The molecule has 0 atom stereocenters. The zero-order valence-corrected chi connectivity index (χ0v) is 12.1. The molecule has 112 valence electrons. The average molecular weight is 301 g/mol. The van der Waals surface area contributed by atoms with Crippen LogP contribution in [0.2, 0.25) is 0 Å². The van der Waals surface area contributed by atoms with Gasteiger partial charge in [0.25, 0.3) is 0 Å². The van der Waals surface area contributed by atoms with E-state index in [0.717, 1.165) is 5.56 Å². The number of nitrogens with one attached hydrogen (secondary N) is 1. The second-order valence-corrected chi connectivity index (χ2v) is 6.11. The maximum Gasteiger partial charge on any atom is 0.306 e. The van der Waals surface area contributed by atoms with Crippen LogP contribution >= 0.6 is 0 Å². The number of ether oxygens (including phenoxy) is 1. The summed E-state index contributed by atoms with van der Waals surface area (Å²) in [4.78, 5) is 11.1. The summed E-state index contributed by atoms with van der Waals surface area (Å²) < 4.78 is 30.3. The Kier molecular flexibility index (Phi) is 6.47. The number of sulfonamides is 1. The molecule has 0 aromatic heterocycles. The van der Waals surface area contributed by atoms with E-state index in [0.29, 0.717) is 6.42 Å². The van der Waals surface area contributed by atoms with Crippen LogP contribution in [0.4, 0.5) is 0 Å². The van der Waals surface area contributed by atoms with Crippen LogP contribution in [0.5, 0.6) is 5.75 Å². The number of hydrogen-bond acceptors (Lipinski definition) is 5. The van der Waals surface area contributed by atoms with Gasteiger partial charge in [0.1, 0.15) is 5.75 Å². The van der Waals surface area contributed by atoms with Crippen molar-refractivity contribution in [2.75, 3.05) is 18.9 Å².